The van der Waals surface area contributed by atoms with Crippen molar-refractivity contribution in [2.75, 3.05) is 0 Å². The zero-order valence-electron chi connectivity index (χ0n) is 14.9. The highest BCUT2D eigenvalue weighted by Crippen LogP contribution is 2.34. The van der Waals surface area contributed by atoms with Crippen molar-refractivity contribution in [3.05, 3.63) is 81.0 Å². The average molecular weight is 401 g/mol. The topological polar surface area (TPSA) is 54.6 Å². The van der Waals surface area contributed by atoms with Crippen LogP contribution in [0.2, 0.25) is 10.0 Å². The number of benzene rings is 2. The summed E-state index contributed by atoms with van der Waals surface area (Å²) in [6.07, 6.45) is 1.72. The summed E-state index contributed by atoms with van der Waals surface area (Å²) in [5.74, 6) is 0.876. The Balaban J connectivity index is 1.62. The van der Waals surface area contributed by atoms with E-state index in [1.807, 2.05) is 32.0 Å². The van der Waals surface area contributed by atoms with Gasteiger partial charge in [0.15, 0.2) is 0 Å². The summed E-state index contributed by atoms with van der Waals surface area (Å²) < 4.78 is 5.69. The molecule has 0 aliphatic heterocycles. The molecule has 138 valence electrons. The quantitative estimate of drug-likeness (QED) is 0.449. The van der Waals surface area contributed by atoms with Crippen molar-refractivity contribution in [1.82, 2.24) is 5.43 Å². The van der Waals surface area contributed by atoms with Crippen molar-refractivity contribution in [2.24, 2.45) is 5.10 Å². The second kappa shape index (κ2) is 8.42. The first-order valence-corrected chi connectivity index (χ1v) is 9.12. The number of carbonyl (C=O) groups is 1. The van der Waals surface area contributed by atoms with Gasteiger partial charge in [-0.25, -0.2) is 5.43 Å². The summed E-state index contributed by atoms with van der Waals surface area (Å²) in [6.45, 7) is 4.01. The summed E-state index contributed by atoms with van der Waals surface area (Å²) >= 11 is 12.2. The highest BCUT2D eigenvalue weighted by atomic mass is 35.5. The zero-order valence-corrected chi connectivity index (χ0v) is 16.4. The Bertz CT molecular complexity index is 1010. The van der Waals surface area contributed by atoms with Crippen LogP contribution in [0.4, 0.5) is 0 Å². The third kappa shape index (κ3) is 4.79. The Hall–Kier alpha value is -2.56. The fraction of sp³-hybridized carbons (Fsp3) is 0.143. The van der Waals surface area contributed by atoms with E-state index in [1.54, 1.807) is 24.3 Å². The van der Waals surface area contributed by atoms with Gasteiger partial charge in [-0.1, -0.05) is 53.0 Å². The van der Waals surface area contributed by atoms with Crippen LogP contribution in [0.1, 0.15) is 22.5 Å². The van der Waals surface area contributed by atoms with Gasteiger partial charge in [0.25, 0.3) is 0 Å². The molecule has 1 aromatic heterocycles. The van der Waals surface area contributed by atoms with Crippen LogP contribution in [-0.4, -0.2) is 12.1 Å². The molecular weight excluding hydrogens is 383 g/mol. The normalized spacial score (nSPS) is 11.1. The van der Waals surface area contributed by atoms with Crippen LogP contribution in [0.25, 0.3) is 11.3 Å². The number of aryl methyl sites for hydroxylation is 2. The van der Waals surface area contributed by atoms with Crippen molar-refractivity contribution < 1.29 is 9.21 Å². The number of furan rings is 1. The number of amides is 1. The van der Waals surface area contributed by atoms with Crippen LogP contribution in [0.3, 0.4) is 0 Å². The molecule has 2 aromatic carbocycles. The predicted octanol–water partition coefficient (Wildman–Crippen LogP) is 5.56. The van der Waals surface area contributed by atoms with E-state index in [0.717, 1.165) is 11.1 Å². The van der Waals surface area contributed by atoms with Crippen LogP contribution in [-0.2, 0) is 11.2 Å². The molecule has 1 N–H and O–H groups in total. The number of rotatable bonds is 5. The maximum atomic E-state index is 12.1. The fourth-order valence-corrected chi connectivity index (χ4v) is 3.08. The van der Waals surface area contributed by atoms with Gasteiger partial charge < -0.3 is 4.42 Å². The minimum Gasteiger partial charge on any atom is -0.455 e. The third-order valence-electron chi connectivity index (χ3n) is 4.07. The van der Waals surface area contributed by atoms with Gasteiger partial charge in [0, 0.05) is 5.56 Å². The van der Waals surface area contributed by atoms with Crippen LogP contribution in [0, 0.1) is 13.8 Å². The third-order valence-corrected chi connectivity index (χ3v) is 4.89. The lowest BCUT2D eigenvalue weighted by molar-refractivity contribution is -0.120. The standard InChI is InChI=1S/C21H18Cl2N2O2/c1-13-6-7-15(14(2)10-13)11-20(26)25-24-12-16-8-9-19(27-16)17-4-3-5-18(22)21(17)23/h3-10,12H,11H2,1-2H3,(H,25,26)/b24-12-. The number of nitrogens with zero attached hydrogens (tertiary/aromatic N) is 1. The Kier molecular flexibility index (Phi) is 5.99. The summed E-state index contributed by atoms with van der Waals surface area (Å²) in [4.78, 5) is 12.1. The highest BCUT2D eigenvalue weighted by molar-refractivity contribution is 6.43. The minimum absolute atomic E-state index is 0.192. The molecule has 3 rings (SSSR count). The molecule has 3 aromatic rings. The molecule has 0 atom stereocenters. The van der Waals surface area contributed by atoms with Gasteiger partial charge in [-0.3, -0.25) is 4.79 Å². The van der Waals surface area contributed by atoms with Gasteiger partial charge in [0.05, 0.1) is 22.7 Å². The second-order valence-corrected chi connectivity index (χ2v) is 6.99. The van der Waals surface area contributed by atoms with E-state index in [1.165, 1.54) is 11.8 Å². The molecule has 0 spiro atoms. The second-order valence-electron chi connectivity index (χ2n) is 6.20. The average Bonchev–Trinajstić information content (AvgIpc) is 3.08. The zero-order chi connectivity index (χ0) is 19.4. The first-order chi connectivity index (χ1) is 12.9. The molecule has 0 fully saturated rings. The van der Waals surface area contributed by atoms with Crippen LogP contribution in [0.15, 0.2) is 58.0 Å². The predicted molar refractivity (Wildman–Crippen MR) is 110 cm³/mol. The van der Waals surface area contributed by atoms with Gasteiger partial charge in [-0.15, -0.1) is 0 Å². The summed E-state index contributed by atoms with van der Waals surface area (Å²) in [5.41, 5.74) is 6.44. The van der Waals surface area contributed by atoms with Gasteiger partial charge in [0.1, 0.15) is 11.5 Å². The van der Waals surface area contributed by atoms with E-state index in [9.17, 15) is 4.79 Å². The summed E-state index contributed by atoms with van der Waals surface area (Å²) in [7, 11) is 0. The number of hydrogen-bond acceptors (Lipinski definition) is 3. The number of carbonyl (C=O) groups excluding carboxylic acids is 1. The SMILES string of the molecule is Cc1ccc(CC(=O)N/N=C\c2ccc(-c3cccc(Cl)c3Cl)o2)c(C)c1. The largest absolute Gasteiger partial charge is 0.455 e. The molecule has 0 bridgehead atoms. The number of nitrogens with one attached hydrogen (secondary N) is 1. The maximum absolute atomic E-state index is 12.1. The van der Waals surface area contributed by atoms with E-state index < -0.39 is 0 Å². The van der Waals surface area contributed by atoms with E-state index in [0.29, 0.717) is 27.1 Å². The fourth-order valence-electron chi connectivity index (χ4n) is 2.69. The Morgan fingerprint density at radius 1 is 1.15 bits per heavy atom. The van der Waals surface area contributed by atoms with Crippen molar-refractivity contribution in [1.29, 1.82) is 0 Å². The number of hydrazone groups is 1. The Labute approximate surface area is 167 Å². The number of halogens is 2. The highest BCUT2D eigenvalue weighted by Gasteiger charge is 2.10. The van der Waals surface area contributed by atoms with E-state index in [2.05, 4.69) is 16.6 Å². The van der Waals surface area contributed by atoms with Crippen molar-refractivity contribution in [3.8, 4) is 11.3 Å². The van der Waals surface area contributed by atoms with E-state index in [-0.39, 0.29) is 12.3 Å². The van der Waals surface area contributed by atoms with Gasteiger partial charge in [0.2, 0.25) is 5.91 Å². The molecule has 0 radical (unpaired) electrons. The molecule has 27 heavy (non-hydrogen) atoms. The first-order valence-electron chi connectivity index (χ1n) is 8.36. The van der Waals surface area contributed by atoms with Crippen LogP contribution < -0.4 is 5.43 Å². The molecule has 0 saturated carbocycles. The van der Waals surface area contributed by atoms with Gasteiger partial charge in [-0.05, 0) is 49.2 Å². The Morgan fingerprint density at radius 3 is 2.74 bits per heavy atom. The molecule has 1 heterocycles. The lowest BCUT2D eigenvalue weighted by atomic mass is 10.0. The monoisotopic (exact) mass is 400 g/mol. The van der Waals surface area contributed by atoms with E-state index >= 15 is 0 Å². The number of hydrogen-bond donors (Lipinski definition) is 1. The Morgan fingerprint density at radius 2 is 1.96 bits per heavy atom. The van der Waals surface area contributed by atoms with Crippen molar-refractivity contribution in [3.63, 3.8) is 0 Å². The molecule has 0 saturated heterocycles. The lowest BCUT2D eigenvalue weighted by Gasteiger charge is -2.05. The van der Waals surface area contributed by atoms with Crippen molar-refractivity contribution >= 4 is 35.3 Å². The first kappa shape index (κ1) is 19.2. The molecule has 1 amide bonds. The van der Waals surface area contributed by atoms with Crippen LogP contribution in [0.5, 0.6) is 0 Å². The molecule has 4 nitrogen and oxygen atoms in total. The van der Waals surface area contributed by atoms with Crippen molar-refractivity contribution in [2.45, 2.75) is 20.3 Å². The summed E-state index contributed by atoms with van der Waals surface area (Å²) in [5, 5.41) is 4.84. The minimum atomic E-state index is -0.192. The smallest absolute Gasteiger partial charge is 0.244 e. The van der Waals surface area contributed by atoms with Crippen LogP contribution >= 0.6 is 23.2 Å². The summed E-state index contributed by atoms with van der Waals surface area (Å²) in [6, 6.07) is 14.8. The molecule has 0 aliphatic carbocycles. The molecule has 0 aliphatic rings. The van der Waals surface area contributed by atoms with Gasteiger partial charge in [-0.2, -0.15) is 5.10 Å². The van der Waals surface area contributed by atoms with Gasteiger partial charge >= 0.3 is 0 Å². The molecule has 6 heteroatoms. The molecular formula is C21H18Cl2N2O2. The molecule has 0 unspecified atom stereocenters. The maximum Gasteiger partial charge on any atom is 0.244 e. The lowest BCUT2D eigenvalue weighted by Crippen LogP contribution is -2.20. The van der Waals surface area contributed by atoms with E-state index in [4.69, 9.17) is 27.6 Å².